The molecule has 0 bridgehead atoms. The van der Waals surface area contributed by atoms with Crippen LogP contribution in [0.2, 0.25) is 0 Å². The first-order chi connectivity index (χ1) is 7.65. The van der Waals surface area contributed by atoms with Crippen LogP contribution in [0.3, 0.4) is 0 Å². The Bertz CT molecular complexity index is 341. The summed E-state index contributed by atoms with van der Waals surface area (Å²) in [4.78, 5) is 3.98. The van der Waals surface area contributed by atoms with Crippen molar-refractivity contribution in [1.29, 1.82) is 0 Å². The fourth-order valence-electron chi connectivity index (χ4n) is 2.21. The van der Waals surface area contributed by atoms with E-state index >= 15 is 0 Å². The number of hydrogen-bond acceptors (Lipinski definition) is 3. The van der Waals surface area contributed by atoms with Crippen LogP contribution >= 0.6 is 11.3 Å². The second kappa shape index (κ2) is 4.86. The van der Waals surface area contributed by atoms with Gasteiger partial charge < -0.3 is 10.6 Å². The number of hydrogen-bond donors (Lipinski definition) is 1. The first-order valence-corrected chi connectivity index (χ1v) is 6.95. The Kier molecular flexibility index (Phi) is 3.67. The predicted octanol–water partition coefficient (Wildman–Crippen LogP) is 2.27. The zero-order valence-corrected chi connectivity index (χ0v) is 11.1. The van der Waals surface area contributed by atoms with Crippen LogP contribution in [-0.2, 0) is 6.42 Å². The SMILES string of the molecule is Cc1ccsc1CCN(C)CC1(CN)CC1. The lowest BCUT2D eigenvalue weighted by Crippen LogP contribution is -2.32. The summed E-state index contributed by atoms with van der Waals surface area (Å²) in [5.41, 5.74) is 7.72. The Morgan fingerprint density at radius 3 is 2.75 bits per heavy atom. The van der Waals surface area contributed by atoms with Crippen LogP contribution in [0.1, 0.15) is 23.3 Å². The summed E-state index contributed by atoms with van der Waals surface area (Å²) in [7, 11) is 2.22. The molecule has 90 valence electrons. The fourth-order valence-corrected chi connectivity index (χ4v) is 3.11. The summed E-state index contributed by atoms with van der Waals surface area (Å²) in [6, 6.07) is 2.21. The minimum atomic E-state index is 0.471. The van der Waals surface area contributed by atoms with Gasteiger partial charge in [-0.05, 0) is 62.2 Å². The van der Waals surface area contributed by atoms with Crippen molar-refractivity contribution < 1.29 is 0 Å². The van der Waals surface area contributed by atoms with E-state index in [1.54, 1.807) is 0 Å². The standard InChI is InChI=1S/C13H22N2S/c1-11-4-8-16-12(11)3-7-15(2)10-13(9-14)5-6-13/h4,8H,3,5-7,9-10,14H2,1-2H3. The van der Waals surface area contributed by atoms with Crippen molar-refractivity contribution in [2.75, 3.05) is 26.7 Å². The van der Waals surface area contributed by atoms with Crippen molar-refractivity contribution in [2.45, 2.75) is 26.2 Å². The van der Waals surface area contributed by atoms with Crippen molar-refractivity contribution in [1.82, 2.24) is 4.90 Å². The summed E-state index contributed by atoms with van der Waals surface area (Å²) in [5.74, 6) is 0. The molecule has 0 amide bonds. The highest BCUT2D eigenvalue weighted by molar-refractivity contribution is 7.10. The number of aryl methyl sites for hydroxylation is 1. The quantitative estimate of drug-likeness (QED) is 0.824. The highest BCUT2D eigenvalue weighted by atomic mass is 32.1. The zero-order chi connectivity index (χ0) is 11.6. The first kappa shape index (κ1) is 12.1. The lowest BCUT2D eigenvalue weighted by molar-refractivity contribution is 0.269. The zero-order valence-electron chi connectivity index (χ0n) is 10.3. The second-order valence-electron chi connectivity index (χ2n) is 5.22. The van der Waals surface area contributed by atoms with E-state index in [1.165, 1.54) is 36.2 Å². The summed E-state index contributed by atoms with van der Waals surface area (Å²) in [6.45, 7) is 5.39. The molecule has 1 aromatic rings. The van der Waals surface area contributed by atoms with E-state index < -0.39 is 0 Å². The van der Waals surface area contributed by atoms with Crippen LogP contribution < -0.4 is 5.73 Å². The van der Waals surface area contributed by atoms with E-state index in [1.807, 2.05) is 11.3 Å². The van der Waals surface area contributed by atoms with E-state index in [0.29, 0.717) is 5.41 Å². The van der Waals surface area contributed by atoms with Gasteiger partial charge in [-0.15, -0.1) is 11.3 Å². The smallest absolute Gasteiger partial charge is 0.00871 e. The van der Waals surface area contributed by atoms with Gasteiger partial charge in [0.25, 0.3) is 0 Å². The van der Waals surface area contributed by atoms with Crippen LogP contribution in [-0.4, -0.2) is 31.6 Å². The van der Waals surface area contributed by atoms with Gasteiger partial charge in [-0.3, -0.25) is 0 Å². The third-order valence-corrected chi connectivity index (χ3v) is 4.77. The van der Waals surface area contributed by atoms with Gasteiger partial charge in [-0.2, -0.15) is 0 Å². The third kappa shape index (κ3) is 2.84. The second-order valence-corrected chi connectivity index (χ2v) is 6.22. The van der Waals surface area contributed by atoms with E-state index in [0.717, 1.165) is 13.1 Å². The molecule has 1 aliphatic rings. The molecular formula is C13H22N2S. The largest absolute Gasteiger partial charge is 0.330 e. The summed E-state index contributed by atoms with van der Waals surface area (Å²) in [6.07, 6.45) is 3.83. The van der Waals surface area contributed by atoms with Gasteiger partial charge in [-0.1, -0.05) is 0 Å². The molecular weight excluding hydrogens is 216 g/mol. The molecule has 0 radical (unpaired) electrons. The van der Waals surface area contributed by atoms with E-state index in [4.69, 9.17) is 5.73 Å². The molecule has 1 fully saturated rings. The average Bonchev–Trinajstić information content (AvgIpc) is 2.92. The number of nitrogens with zero attached hydrogens (tertiary/aromatic N) is 1. The number of thiophene rings is 1. The average molecular weight is 238 g/mol. The van der Waals surface area contributed by atoms with Gasteiger partial charge in [0.05, 0.1) is 0 Å². The normalized spacial score (nSPS) is 18.0. The van der Waals surface area contributed by atoms with Crippen molar-refractivity contribution in [3.63, 3.8) is 0 Å². The third-order valence-electron chi connectivity index (χ3n) is 3.68. The van der Waals surface area contributed by atoms with Gasteiger partial charge in [0.15, 0.2) is 0 Å². The van der Waals surface area contributed by atoms with E-state index in [9.17, 15) is 0 Å². The topological polar surface area (TPSA) is 29.3 Å². The summed E-state index contributed by atoms with van der Waals surface area (Å²) >= 11 is 1.88. The van der Waals surface area contributed by atoms with Crippen molar-refractivity contribution in [3.8, 4) is 0 Å². The number of rotatable bonds is 6. The molecule has 2 rings (SSSR count). The molecule has 16 heavy (non-hydrogen) atoms. The molecule has 3 heteroatoms. The van der Waals surface area contributed by atoms with Crippen LogP contribution in [0.15, 0.2) is 11.4 Å². The monoisotopic (exact) mass is 238 g/mol. The highest BCUT2D eigenvalue weighted by Crippen LogP contribution is 2.44. The predicted molar refractivity (Wildman–Crippen MR) is 71.0 cm³/mol. The highest BCUT2D eigenvalue weighted by Gasteiger charge is 2.41. The Hall–Kier alpha value is -0.380. The molecule has 2 nitrogen and oxygen atoms in total. The summed E-state index contributed by atoms with van der Waals surface area (Å²) in [5, 5.41) is 2.19. The fraction of sp³-hybridized carbons (Fsp3) is 0.692. The molecule has 1 saturated carbocycles. The van der Waals surface area contributed by atoms with Gasteiger partial charge in [0.1, 0.15) is 0 Å². The van der Waals surface area contributed by atoms with Gasteiger partial charge in [0.2, 0.25) is 0 Å². The maximum atomic E-state index is 5.81. The minimum absolute atomic E-state index is 0.471. The van der Waals surface area contributed by atoms with Crippen LogP contribution in [0.5, 0.6) is 0 Å². The van der Waals surface area contributed by atoms with Crippen LogP contribution in [0.4, 0.5) is 0 Å². The lowest BCUT2D eigenvalue weighted by Gasteiger charge is -2.22. The molecule has 0 atom stereocenters. The molecule has 0 spiro atoms. The number of likely N-dealkylation sites (N-methyl/N-ethyl adjacent to an activating group) is 1. The molecule has 1 aliphatic carbocycles. The Morgan fingerprint density at radius 2 is 2.25 bits per heavy atom. The van der Waals surface area contributed by atoms with Gasteiger partial charge in [-0.25, -0.2) is 0 Å². The molecule has 2 N–H and O–H groups in total. The van der Waals surface area contributed by atoms with E-state index in [2.05, 4.69) is 30.3 Å². The van der Waals surface area contributed by atoms with Gasteiger partial charge in [0, 0.05) is 18.0 Å². The Labute approximate surface area is 102 Å². The van der Waals surface area contributed by atoms with Crippen LogP contribution in [0, 0.1) is 12.3 Å². The maximum Gasteiger partial charge on any atom is 0.00871 e. The summed E-state index contributed by atoms with van der Waals surface area (Å²) < 4.78 is 0. The Balaban J connectivity index is 1.76. The van der Waals surface area contributed by atoms with Crippen molar-refractivity contribution in [2.24, 2.45) is 11.1 Å². The van der Waals surface area contributed by atoms with Crippen molar-refractivity contribution >= 4 is 11.3 Å². The molecule has 1 aromatic heterocycles. The Morgan fingerprint density at radius 1 is 1.50 bits per heavy atom. The van der Waals surface area contributed by atoms with Gasteiger partial charge >= 0.3 is 0 Å². The molecule has 0 aromatic carbocycles. The molecule has 1 heterocycles. The van der Waals surface area contributed by atoms with Crippen molar-refractivity contribution in [3.05, 3.63) is 21.9 Å². The first-order valence-electron chi connectivity index (χ1n) is 6.07. The minimum Gasteiger partial charge on any atom is -0.330 e. The number of nitrogens with two attached hydrogens (primary N) is 1. The maximum absolute atomic E-state index is 5.81. The van der Waals surface area contributed by atoms with Crippen LogP contribution in [0.25, 0.3) is 0 Å². The molecule has 0 aliphatic heterocycles. The molecule has 0 unspecified atom stereocenters. The molecule has 0 saturated heterocycles. The lowest BCUT2D eigenvalue weighted by atomic mass is 10.1. The van der Waals surface area contributed by atoms with E-state index in [-0.39, 0.29) is 0 Å².